The Morgan fingerprint density at radius 1 is 1.47 bits per heavy atom. The van der Waals surface area contributed by atoms with Gasteiger partial charge in [-0.25, -0.2) is 0 Å². The van der Waals surface area contributed by atoms with Crippen molar-refractivity contribution in [1.82, 2.24) is 5.32 Å². The zero-order chi connectivity index (χ0) is 11.3. The third-order valence-electron chi connectivity index (χ3n) is 3.38. The number of carbonyl (C=O) groups is 1. The first kappa shape index (κ1) is 12.5. The summed E-state index contributed by atoms with van der Waals surface area (Å²) in [6.45, 7) is 4.27. The van der Waals surface area contributed by atoms with Crippen LogP contribution in [0.2, 0.25) is 0 Å². The maximum atomic E-state index is 11.7. The molecule has 3 N–H and O–H groups in total. The summed E-state index contributed by atoms with van der Waals surface area (Å²) in [5, 5.41) is 3.09. The van der Waals surface area contributed by atoms with Gasteiger partial charge in [-0.15, -0.1) is 0 Å². The van der Waals surface area contributed by atoms with Crippen LogP contribution in [0.25, 0.3) is 0 Å². The number of amides is 1. The van der Waals surface area contributed by atoms with Crippen molar-refractivity contribution >= 4 is 5.91 Å². The van der Waals surface area contributed by atoms with Crippen LogP contribution < -0.4 is 11.1 Å². The van der Waals surface area contributed by atoms with Crippen LogP contribution in [0.4, 0.5) is 0 Å². The first-order chi connectivity index (χ1) is 7.15. The van der Waals surface area contributed by atoms with E-state index < -0.39 is 0 Å². The second-order valence-corrected chi connectivity index (χ2v) is 4.77. The first-order valence-electron chi connectivity index (χ1n) is 6.21. The molecule has 0 aromatic carbocycles. The highest BCUT2D eigenvalue weighted by molar-refractivity contribution is 5.81. The van der Waals surface area contributed by atoms with Gasteiger partial charge in [-0.05, 0) is 25.2 Å². The lowest BCUT2D eigenvalue weighted by Crippen LogP contribution is -2.48. The number of hydrogen-bond acceptors (Lipinski definition) is 2. The van der Waals surface area contributed by atoms with E-state index in [9.17, 15) is 4.79 Å². The minimum Gasteiger partial charge on any atom is -0.352 e. The van der Waals surface area contributed by atoms with Gasteiger partial charge in [-0.2, -0.15) is 0 Å². The van der Waals surface area contributed by atoms with E-state index >= 15 is 0 Å². The van der Waals surface area contributed by atoms with E-state index in [1.807, 2.05) is 0 Å². The Kier molecular flexibility index (Phi) is 5.09. The zero-order valence-corrected chi connectivity index (χ0v) is 9.96. The van der Waals surface area contributed by atoms with Gasteiger partial charge >= 0.3 is 0 Å². The molecule has 0 bridgehead atoms. The molecule has 15 heavy (non-hydrogen) atoms. The summed E-state index contributed by atoms with van der Waals surface area (Å²) in [6.07, 6.45) is 6.63. The number of rotatable bonds is 4. The molecule has 0 aliphatic heterocycles. The largest absolute Gasteiger partial charge is 0.352 e. The van der Waals surface area contributed by atoms with Gasteiger partial charge in [0.15, 0.2) is 0 Å². The molecule has 1 rings (SSSR count). The predicted octanol–water partition coefficient (Wildman–Crippen LogP) is 1.81. The van der Waals surface area contributed by atoms with E-state index in [1.54, 1.807) is 0 Å². The lowest BCUT2D eigenvalue weighted by atomic mass is 9.86. The van der Waals surface area contributed by atoms with Crippen LogP contribution in [0.5, 0.6) is 0 Å². The Bertz CT molecular complexity index is 206. The van der Waals surface area contributed by atoms with Crippen molar-refractivity contribution in [2.24, 2.45) is 11.7 Å². The molecule has 0 spiro atoms. The quantitative estimate of drug-likeness (QED) is 0.746. The van der Waals surface area contributed by atoms with E-state index in [-0.39, 0.29) is 11.9 Å². The third-order valence-corrected chi connectivity index (χ3v) is 3.38. The van der Waals surface area contributed by atoms with Crippen molar-refractivity contribution in [3.8, 4) is 0 Å². The fourth-order valence-corrected chi connectivity index (χ4v) is 2.26. The normalized spacial score (nSPS) is 28.5. The molecule has 3 nitrogen and oxygen atoms in total. The Balaban J connectivity index is 2.35. The summed E-state index contributed by atoms with van der Waals surface area (Å²) in [7, 11) is 0. The summed E-state index contributed by atoms with van der Waals surface area (Å²) >= 11 is 0. The maximum Gasteiger partial charge on any atom is 0.237 e. The molecule has 1 saturated carbocycles. The van der Waals surface area contributed by atoms with Crippen molar-refractivity contribution in [3.63, 3.8) is 0 Å². The molecule has 0 aromatic rings. The molecule has 1 aliphatic rings. The highest BCUT2D eigenvalue weighted by atomic mass is 16.2. The lowest BCUT2D eigenvalue weighted by Gasteiger charge is -2.30. The molecule has 3 heteroatoms. The van der Waals surface area contributed by atoms with Gasteiger partial charge in [0, 0.05) is 6.04 Å². The van der Waals surface area contributed by atoms with Crippen LogP contribution in [0, 0.1) is 5.92 Å². The SMILES string of the molecule is CCC[C@H](N)C(=O)N[C@@H]1CCCC[C@H]1C. The Morgan fingerprint density at radius 3 is 2.73 bits per heavy atom. The summed E-state index contributed by atoms with van der Waals surface area (Å²) < 4.78 is 0. The number of carbonyl (C=O) groups excluding carboxylic acids is 1. The van der Waals surface area contributed by atoms with E-state index in [0.29, 0.717) is 12.0 Å². The molecule has 0 radical (unpaired) electrons. The van der Waals surface area contributed by atoms with Crippen LogP contribution in [-0.4, -0.2) is 18.0 Å². The van der Waals surface area contributed by atoms with Gasteiger partial charge < -0.3 is 11.1 Å². The number of hydrogen-bond donors (Lipinski definition) is 2. The highest BCUT2D eigenvalue weighted by Crippen LogP contribution is 2.23. The predicted molar refractivity (Wildman–Crippen MR) is 62.4 cm³/mol. The van der Waals surface area contributed by atoms with Crippen LogP contribution in [-0.2, 0) is 4.79 Å². The smallest absolute Gasteiger partial charge is 0.237 e. The molecule has 3 atom stereocenters. The molecule has 1 aliphatic carbocycles. The Morgan fingerprint density at radius 2 is 2.13 bits per heavy atom. The second kappa shape index (κ2) is 6.11. The van der Waals surface area contributed by atoms with Gasteiger partial charge in [-0.1, -0.05) is 33.1 Å². The van der Waals surface area contributed by atoms with Gasteiger partial charge in [-0.3, -0.25) is 4.79 Å². The van der Waals surface area contributed by atoms with Gasteiger partial charge in [0.2, 0.25) is 5.91 Å². The van der Waals surface area contributed by atoms with Crippen LogP contribution >= 0.6 is 0 Å². The molecule has 0 unspecified atom stereocenters. The van der Waals surface area contributed by atoms with Crippen LogP contribution in [0.3, 0.4) is 0 Å². The first-order valence-corrected chi connectivity index (χ1v) is 6.21. The van der Waals surface area contributed by atoms with Crippen molar-refractivity contribution in [1.29, 1.82) is 0 Å². The zero-order valence-electron chi connectivity index (χ0n) is 9.96. The average molecular weight is 212 g/mol. The summed E-state index contributed by atoms with van der Waals surface area (Å²) in [6, 6.07) is 0.0401. The second-order valence-electron chi connectivity index (χ2n) is 4.77. The maximum absolute atomic E-state index is 11.7. The minimum atomic E-state index is -0.316. The monoisotopic (exact) mass is 212 g/mol. The average Bonchev–Trinajstić information content (AvgIpc) is 2.21. The van der Waals surface area contributed by atoms with Gasteiger partial charge in [0.25, 0.3) is 0 Å². The van der Waals surface area contributed by atoms with Crippen molar-refractivity contribution < 1.29 is 4.79 Å². The van der Waals surface area contributed by atoms with Crippen molar-refractivity contribution in [2.75, 3.05) is 0 Å². The highest BCUT2D eigenvalue weighted by Gasteiger charge is 2.24. The summed E-state index contributed by atoms with van der Waals surface area (Å²) in [5.41, 5.74) is 5.78. The van der Waals surface area contributed by atoms with Crippen molar-refractivity contribution in [3.05, 3.63) is 0 Å². The molecular weight excluding hydrogens is 188 g/mol. The summed E-state index contributed by atoms with van der Waals surface area (Å²) in [4.78, 5) is 11.7. The lowest BCUT2D eigenvalue weighted by molar-refractivity contribution is -0.123. The van der Waals surface area contributed by atoms with Crippen LogP contribution in [0.1, 0.15) is 52.4 Å². The van der Waals surface area contributed by atoms with Gasteiger partial charge in [0.05, 0.1) is 6.04 Å². The third kappa shape index (κ3) is 3.82. The fourth-order valence-electron chi connectivity index (χ4n) is 2.26. The van der Waals surface area contributed by atoms with Crippen molar-refractivity contribution in [2.45, 2.75) is 64.5 Å². The molecule has 88 valence electrons. The van der Waals surface area contributed by atoms with E-state index in [0.717, 1.165) is 19.3 Å². The number of nitrogens with one attached hydrogen (secondary N) is 1. The van der Waals surface area contributed by atoms with E-state index in [2.05, 4.69) is 19.2 Å². The van der Waals surface area contributed by atoms with Gasteiger partial charge in [0.1, 0.15) is 0 Å². The van der Waals surface area contributed by atoms with Crippen LogP contribution in [0.15, 0.2) is 0 Å². The summed E-state index contributed by atoms with van der Waals surface area (Å²) in [5.74, 6) is 0.645. The molecular formula is C12H24N2O. The Labute approximate surface area is 92.8 Å². The van der Waals surface area contributed by atoms with E-state index in [1.165, 1.54) is 19.3 Å². The molecule has 1 fully saturated rings. The fraction of sp³-hybridized carbons (Fsp3) is 0.917. The molecule has 0 aromatic heterocycles. The van der Waals surface area contributed by atoms with E-state index in [4.69, 9.17) is 5.73 Å². The standard InChI is InChI=1S/C12H24N2O/c1-3-6-10(13)12(15)14-11-8-5-4-7-9(11)2/h9-11H,3-8,13H2,1-2H3,(H,14,15)/t9-,10+,11-/m1/s1. The molecule has 1 amide bonds. The Hall–Kier alpha value is -0.570. The topological polar surface area (TPSA) is 55.1 Å². The number of nitrogens with two attached hydrogens (primary N) is 1. The minimum absolute atomic E-state index is 0.0376. The molecule has 0 heterocycles. The molecule has 0 saturated heterocycles.